The molecule has 2 aromatic carbocycles. The number of carbonyl (C=O) groups is 1. The number of halogens is 1. The molecule has 0 atom stereocenters. The number of aliphatic hydroxyl groups excluding tert-OH is 1. The van der Waals surface area contributed by atoms with Gasteiger partial charge in [-0.2, -0.15) is 5.26 Å². The minimum Gasteiger partial charge on any atom is -0.507 e. The van der Waals surface area contributed by atoms with Crippen LogP contribution in [0.2, 0.25) is 0 Å². The van der Waals surface area contributed by atoms with Crippen molar-refractivity contribution in [2.45, 2.75) is 20.3 Å². The van der Waals surface area contributed by atoms with Gasteiger partial charge in [-0.1, -0.05) is 24.3 Å². The van der Waals surface area contributed by atoms with Gasteiger partial charge in [-0.25, -0.2) is 9.18 Å². The summed E-state index contributed by atoms with van der Waals surface area (Å²) < 4.78 is 13.1. The van der Waals surface area contributed by atoms with Crippen molar-refractivity contribution in [1.82, 2.24) is 0 Å². The van der Waals surface area contributed by atoms with E-state index in [9.17, 15) is 24.7 Å². The fourth-order valence-electron chi connectivity index (χ4n) is 2.74. The van der Waals surface area contributed by atoms with Gasteiger partial charge < -0.3 is 10.2 Å². The number of nitriles is 1. The van der Waals surface area contributed by atoms with E-state index >= 15 is 0 Å². The summed E-state index contributed by atoms with van der Waals surface area (Å²) >= 11 is 0. The Morgan fingerprint density at radius 2 is 1.82 bits per heavy atom. The third-order valence-corrected chi connectivity index (χ3v) is 3.97. The smallest absolute Gasteiger partial charge is 0.339 e. The van der Waals surface area contributed by atoms with E-state index in [1.165, 1.54) is 24.3 Å². The van der Waals surface area contributed by atoms with Crippen molar-refractivity contribution in [3.63, 3.8) is 0 Å². The molecule has 0 heterocycles. The number of aliphatic carboxylic acids is 1. The van der Waals surface area contributed by atoms with Gasteiger partial charge in [-0.3, -0.25) is 0 Å². The first-order chi connectivity index (χ1) is 13.4. The summed E-state index contributed by atoms with van der Waals surface area (Å²) in [6.07, 6.45) is 11.0. The van der Waals surface area contributed by atoms with Crippen LogP contribution in [-0.2, 0) is 11.2 Å². The first kappa shape index (κ1) is 22.2. The Hall–Kier alpha value is -3.83. The van der Waals surface area contributed by atoms with Crippen LogP contribution in [0.3, 0.4) is 0 Å². The van der Waals surface area contributed by atoms with Crippen LogP contribution in [0.1, 0.15) is 23.6 Å². The quantitative estimate of drug-likeness (QED) is 0.335. The Balaban J connectivity index is 0.00000190. The minimum absolute atomic E-state index is 0.189. The van der Waals surface area contributed by atoms with Crippen molar-refractivity contribution in [2.24, 2.45) is 0 Å². The summed E-state index contributed by atoms with van der Waals surface area (Å²) in [6.45, 7) is 3.38. The average Bonchev–Trinajstić information content (AvgIpc) is 2.69. The van der Waals surface area contributed by atoms with Gasteiger partial charge in [-0.05, 0) is 61.2 Å². The van der Waals surface area contributed by atoms with E-state index in [0.717, 1.165) is 22.3 Å². The minimum atomic E-state index is -1.22. The van der Waals surface area contributed by atoms with Gasteiger partial charge in [0.2, 0.25) is 0 Å². The summed E-state index contributed by atoms with van der Waals surface area (Å²) in [5.41, 5.74) is 3.26. The fourth-order valence-corrected chi connectivity index (χ4v) is 2.74. The predicted molar refractivity (Wildman–Crippen MR) is 107 cm³/mol. The van der Waals surface area contributed by atoms with Crippen LogP contribution in [0.5, 0.6) is 0 Å². The molecule has 0 saturated carbocycles. The molecule has 0 aliphatic carbocycles. The van der Waals surface area contributed by atoms with E-state index in [1.807, 2.05) is 13.0 Å². The number of nitrogens with zero attached hydrogens (tertiary/aromatic N) is 1. The molecular weight excluding hydrogens is 357 g/mol. The maximum Gasteiger partial charge on any atom is 0.339 e. The SMILES string of the molecule is C#C.C/C=C(O)\C(=C/Cc1cc(C)c(-c2ccc(F)cc2)c(C#N)c1)C(=O)O. The molecule has 2 N–H and O–H groups in total. The second kappa shape index (κ2) is 10.4. The molecule has 0 radical (unpaired) electrons. The number of carboxylic acid groups (broad SMARTS) is 1. The molecule has 0 fully saturated rings. The molecule has 28 heavy (non-hydrogen) atoms. The van der Waals surface area contributed by atoms with E-state index < -0.39 is 5.97 Å². The van der Waals surface area contributed by atoms with Crippen molar-refractivity contribution in [2.75, 3.05) is 0 Å². The van der Waals surface area contributed by atoms with Gasteiger partial charge in [0.1, 0.15) is 11.6 Å². The van der Waals surface area contributed by atoms with E-state index in [2.05, 4.69) is 18.9 Å². The summed E-state index contributed by atoms with van der Waals surface area (Å²) in [7, 11) is 0. The van der Waals surface area contributed by atoms with Crippen molar-refractivity contribution in [3.05, 3.63) is 82.4 Å². The second-order valence-electron chi connectivity index (χ2n) is 5.75. The monoisotopic (exact) mass is 377 g/mol. The fraction of sp³-hybridized carbons (Fsp3) is 0.130. The van der Waals surface area contributed by atoms with Gasteiger partial charge in [0.05, 0.1) is 17.2 Å². The summed E-state index contributed by atoms with van der Waals surface area (Å²) in [5, 5.41) is 28.3. The molecule has 5 heteroatoms. The van der Waals surface area contributed by atoms with Crippen molar-refractivity contribution < 1.29 is 19.4 Å². The summed E-state index contributed by atoms with van der Waals surface area (Å²) in [5.74, 6) is -1.88. The molecule has 142 valence electrons. The van der Waals surface area contributed by atoms with Crippen molar-refractivity contribution in [1.29, 1.82) is 5.26 Å². The van der Waals surface area contributed by atoms with Gasteiger partial charge >= 0.3 is 5.97 Å². The molecule has 0 unspecified atom stereocenters. The summed E-state index contributed by atoms with van der Waals surface area (Å²) in [4.78, 5) is 11.2. The Kier molecular flexibility index (Phi) is 8.21. The molecule has 0 amide bonds. The largest absolute Gasteiger partial charge is 0.507 e. The lowest BCUT2D eigenvalue weighted by Gasteiger charge is -2.11. The number of terminal acetylenes is 1. The van der Waals surface area contributed by atoms with Crippen LogP contribution in [0.4, 0.5) is 4.39 Å². The highest BCUT2D eigenvalue weighted by molar-refractivity contribution is 5.90. The maximum absolute atomic E-state index is 13.1. The summed E-state index contributed by atoms with van der Waals surface area (Å²) in [6, 6.07) is 11.6. The highest BCUT2D eigenvalue weighted by atomic mass is 19.1. The molecule has 2 rings (SSSR count). The Labute approximate surface area is 163 Å². The predicted octanol–water partition coefficient (Wildman–Crippen LogP) is 4.94. The maximum atomic E-state index is 13.1. The highest BCUT2D eigenvalue weighted by Crippen LogP contribution is 2.29. The van der Waals surface area contributed by atoms with Crippen LogP contribution in [0.15, 0.2) is 59.9 Å². The third-order valence-electron chi connectivity index (χ3n) is 3.97. The first-order valence-corrected chi connectivity index (χ1v) is 8.29. The van der Waals surface area contributed by atoms with E-state index in [0.29, 0.717) is 5.56 Å². The Morgan fingerprint density at radius 1 is 1.21 bits per heavy atom. The second-order valence-corrected chi connectivity index (χ2v) is 5.75. The number of allylic oxidation sites excluding steroid dienone is 2. The van der Waals surface area contributed by atoms with Crippen LogP contribution >= 0.6 is 0 Å². The Bertz CT molecular complexity index is 977. The molecule has 0 bridgehead atoms. The molecule has 0 saturated heterocycles. The number of benzene rings is 2. The van der Waals surface area contributed by atoms with E-state index in [1.54, 1.807) is 25.1 Å². The Morgan fingerprint density at radius 3 is 2.32 bits per heavy atom. The van der Waals surface area contributed by atoms with Gasteiger partial charge in [0, 0.05) is 5.56 Å². The zero-order valence-corrected chi connectivity index (χ0v) is 15.6. The highest BCUT2D eigenvalue weighted by Gasteiger charge is 2.13. The van der Waals surface area contributed by atoms with Gasteiger partial charge in [0.15, 0.2) is 0 Å². The third kappa shape index (κ3) is 5.33. The lowest BCUT2D eigenvalue weighted by Crippen LogP contribution is -2.04. The first-order valence-electron chi connectivity index (χ1n) is 8.29. The molecular formula is C23H20FNO3. The number of hydrogen-bond acceptors (Lipinski definition) is 3. The standard InChI is InChI=1S/C21H18FNO3.C2H2/c1-3-19(24)18(21(25)26)9-4-14-10-13(2)20(16(11-14)12-23)15-5-7-17(22)8-6-15;1-2/h3,5-11,24H,4H2,1-2H3,(H,25,26);1-2H/b18-9+,19-3+;. The number of aliphatic hydroxyl groups is 1. The molecule has 0 aliphatic rings. The lowest BCUT2D eigenvalue weighted by atomic mass is 9.92. The van der Waals surface area contributed by atoms with Crippen molar-refractivity contribution >= 4 is 5.97 Å². The molecule has 4 nitrogen and oxygen atoms in total. The van der Waals surface area contributed by atoms with Crippen LogP contribution < -0.4 is 0 Å². The molecule has 0 aromatic heterocycles. The number of hydrogen-bond donors (Lipinski definition) is 2. The lowest BCUT2D eigenvalue weighted by molar-refractivity contribution is -0.132. The number of carboxylic acids is 1. The zero-order valence-electron chi connectivity index (χ0n) is 15.6. The molecule has 0 spiro atoms. The van der Waals surface area contributed by atoms with Crippen LogP contribution in [0.25, 0.3) is 11.1 Å². The molecule has 0 aliphatic heterocycles. The average molecular weight is 377 g/mol. The number of rotatable bonds is 5. The van der Waals surface area contributed by atoms with Crippen LogP contribution in [-0.4, -0.2) is 16.2 Å². The molecule has 2 aromatic rings. The van der Waals surface area contributed by atoms with E-state index in [4.69, 9.17) is 0 Å². The van der Waals surface area contributed by atoms with Gasteiger partial charge in [0.25, 0.3) is 0 Å². The van der Waals surface area contributed by atoms with Crippen LogP contribution in [0, 0.1) is 36.9 Å². The van der Waals surface area contributed by atoms with Crippen molar-refractivity contribution in [3.8, 4) is 30.0 Å². The van der Waals surface area contributed by atoms with Gasteiger partial charge in [-0.15, -0.1) is 12.8 Å². The topological polar surface area (TPSA) is 81.3 Å². The number of aryl methyl sites for hydroxylation is 1. The normalized spacial score (nSPS) is 11.1. The van der Waals surface area contributed by atoms with E-state index in [-0.39, 0.29) is 23.6 Å². The zero-order chi connectivity index (χ0) is 21.3.